The lowest BCUT2D eigenvalue weighted by atomic mass is 9.88. The molecule has 0 saturated carbocycles. The molecule has 1 aliphatic rings. The van der Waals surface area contributed by atoms with Crippen molar-refractivity contribution in [1.29, 1.82) is 0 Å². The van der Waals surface area contributed by atoms with E-state index in [-0.39, 0.29) is 11.9 Å². The maximum absolute atomic E-state index is 12.0. The minimum Gasteiger partial charge on any atom is -0.383 e. The molecular formula is C15H26N4O3. The number of piperidine rings is 1. The van der Waals surface area contributed by atoms with Crippen LogP contribution in [0.4, 0.5) is 10.7 Å². The van der Waals surface area contributed by atoms with Crippen LogP contribution in [0.2, 0.25) is 0 Å². The molecule has 7 heteroatoms. The fourth-order valence-corrected chi connectivity index (χ4v) is 2.93. The number of methoxy groups -OCH3 is 1. The maximum Gasteiger partial charge on any atom is 0.317 e. The summed E-state index contributed by atoms with van der Waals surface area (Å²) in [5.74, 6) is 1.02. The molecule has 2 heterocycles. The van der Waals surface area contributed by atoms with Gasteiger partial charge >= 0.3 is 6.03 Å². The van der Waals surface area contributed by atoms with Crippen molar-refractivity contribution in [2.45, 2.75) is 38.5 Å². The summed E-state index contributed by atoms with van der Waals surface area (Å²) in [5.41, 5.74) is 7.86. The lowest BCUT2D eigenvalue weighted by molar-refractivity contribution is 0.168. The largest absolute Gasteiger partial charge is 0.383 e. The van der Waals surface area contributed by atoms with Crippen LogP contribution in [0.15, 0.2) is 4.52 Å². The Kier molecular flexibility index (Phi) is 5.65. The highest BCUT2D eigenvalue weighted by atomic mass is 16.5. The molecule has 2 rings (SSSR count). The predicted octanol–water partition coefficient (Wildman–Crippen LogP) is 1.92. The second-order valence-corrected chi connectivity index (χ2v) is 5.99. The lowest BCUT2D eigenvalue weighted by Gasteiger charge is -2.31. The van der Waals surface area contributed by atoms with Crippen LogP contribution in [-0.2, 0) is 4.74 Å². The van der Waals surface area contributed by atoms with Gasteiger partial charge in [-0.15, -0.1) is 0 Å². The molecule has 0 spiro atoms. The number of urea groups is 1. The fourth-order valence-electron chi connectivity index (χ4n) is 2.93. The molecule has 0 radical (unpaired) electrons. The van der Waals surface area contributed by atoms with Gasteiger partial charge in [0.15, 0.2) is 0 Å². The first kappa shape index (κ1) is 16.6. The SMILES string of the molecule is COCCNC(=O)N1CCC(c2noc(N)c2C(C)C)CC1. The maximum atomic E-state index is 12.0. The number of nitrogens with two attached hydrogens (primary N) is 1. The minimum atomic E-state index is -0.0285. The molecule has 1 fully saturated rings. The molecule has 1 aliphatic heterocycles. The van der Waals surface area contributed by atoms with E-state index in [1.165, 1.54) is 0 Å². The molecule has 124 valence electrons. The highest BCUT2D eigenvalue weighted by Crippen LogP contribution is 2.35. The van der Waals surface area contributed by atoms with Gasteiger partial charge < -0.3 is 25.2 Å². The van der Waals surface area contributed by atoms with E-state index in [0.29, 0.717) is 38.0 Å². The van der Waals surface area contributed by atoms with E-state index in [1.54, 1.807) is 7.11 Å². The number of rotatable bonds is 5. The van der Waals surface area contributed by atoms with E-state index in [1.807, 2.05) is 4.90 Å². The third kappa shape index (κ3) is 3.71. The van der Waals surface area contributed by atoms with Gasteiger partial charge in [0.05, 0.1) is 12.3 Å². The zero-order valence-electron chi connectivity index (χ0n) is 13.6. The number of hydrogen-bond acceptors (Lipinski definition) is 5. The Labute approximate surface area is 131 Å². The summed E-state index contributed by atoms with van der Waals surface area (Å²) >= 11 is 0. The van der Waals surface area contributed by atoms with Crippen LogP contribution in [0.5, 0.6) is 0 Å². The molecule has 2 amide bonds. The average molecular weight is 310 g/mol. The predicted molar refractivity (Wildman–Crippen MR) is 83.8 cm³/mol. The number of amides is 2. The summed E-state index contributed by atoms with van der Waals surface area (Å²) in [4.78, 5) is 13.8. The van der Waals surface area contributed by atoms with Crippen molar-refractivity contribution in [3.05, 3.63) is 11.3 Å². The quantitative estimate of drug-likeness (QED) is 0.810. The second-order valence-electron chi connectivity index (χ2n) is 5.99. The molecule has 1 aromatic heterocycles. The van der Waals surface area contributed by atoms with Crippen molar-refractivity contribution in [1.82, 2.24) is 15.4 Å². The van der Waals surface area contributed by atoms with E-state index in [0.717, 1.165) is 24.1 Å². The Morgan fingerprint density at radius 3 is 2.77 bits per heavy atom. The van der Waals surface area contributed by atoms with Crippen LogP contribution in [0.25, 0.3) is 0 Å². The molecule has 3 N–H and O–H groups in total. The third-order valence-electron chi connectivity index (χ3n) is 4.11. The van der Waals surface area contributed by atoms with Gasteiger partial charge in [-0.05, 0) is 18.8 Å². The molecule has 1 aromatic rings. The first-order valence-electron chi connectivity index (χ1n) is 7.81. The number of likely N-dealkylation sites (tertiary alicyclic amines) is 1. The number of nitrogens with zero attached hydrogens (tertiary/aromatic N) is 2. The lowest BCUT2D eigenvalue weighted by Crippen LogP contribution is -2.45. The van der Waals surface area contributed by atoms with E-state index in [4.69, 9.17) is 15.0 Å². The number of nitrogen functional groups attached to an aromatic ring is 1. The standard InChI is InChI=1S/C15H26N4O3/c1-10(2)12-13(18-22-14(12)16)11-4-7-19(8-5-11)15(20)17-6-9-21-3/h10-11H,4-9,16H2,1-3H3,(H,17,20). The smallest absolute Gasteiger partial charge is 0.317 e. The molecule has 22 heavy (non-hydrogen) atoms. The summed E-state index contributed by atoms with van der Waals surface area (Å²) in [6.45, 7) is 6.67. The highest BCUT2D eigenvalue weighted by molar-refractivity contribution is 5.74. The van der Waals surface area contributed by atoms with Crippen molar-refractivity contribution >= 4 is 11.9 Å². The third-order valence-corrected chi connectivity index (χ3v) is 4.11. The number of nitrogens with one attached hydrogen (secondary N) is 1. The fraction of sp³-hybridized carbons (Fsp3) is 0.733. The van der Waals surface area contributed by atoms with Gasteiger partial charge in [-0.25, -0.2) is 4.79 Å². The van der Waals surface area contributed by atoms with Crippen molar-refractivity contribution in [3.8, 4) is 0 Å². The normalized spacial score (nSPS) is 16.3. The minimum absolute atomic E-state index is 0.0285. The summed E-state index contributed by atoms with van der Waals surface area (Å²) in [5, 5.41) is 7.01. The molecular weight excluding hydrogens is 284 g/mol. The molecule has 0 unspecified atom stereocenters. The molecule has 0 bridgehead atoms. The highest BCUT2D eigenvalue weighted by Gasteiger charge is 2.29. The number of carbonyl (C=O) groups excluding carboxylic acids is 1. The Morgan fingerprint density at radius 1 is 1.50 bits per heavy atom. The van der Waals surface area contributed by atoms with E-state index in [2.05, 4.69) is 24.3 Å². The first-order valence-corrected chi connectivity index (χ1v) is 7.81. The molecule has 0 atom stereocenters. The van der Waals surface area contributed by atoms with Gasteiger partial charge in [0, 0.05) is 38.2 Å². The van der Waals surface area contributed by atoms with Crippen molar-refractivity contribution in [2.24, 2.45) is 0 Å². The number of aromatic nitrogens is 1. The van der Waals surface area contributed by atoms with Gasteiger partial charge in [-0.1, -0.05) is 19.0 Å². The summed E-state index contributed by atoms with van der Waals surface area (Å²) in [6.07, 6.45) is 1.76. The molecule has 0 aromatic carbocycles. The Morgan fingerprint density at radius 2 is 2.18 bits per heavy atom. The monoisotopic (exact) mass is 310 g/mol. The molecule has 0 aliphatic carbocycles. The zero-order valence-corrected chi connectivity index (χ0v) is 13.6. The van der Waals surface area contributed by atoms with E-state index in [9.17, 15) is 4.79 Å². The van der Waals surface area contributed by atoms with Crippen LogP contribution < -0.4 is 11.1 Å². The topological polar surface area (TPSA) is 93.6 Å². The zero-order chi connectivity index (χ0) is 16.1. The van der Waals surface area contributed by atoms with Crippen LogP contribution in [-0.4, -0.2) is 49.4 Å². The first-order chi connectivity index (χ1) is 10.5. The van der Waals surface area contributed by atoms with Gasteiger partial charge in [0.1, 0.15) is 0 Å². The van der Waals surface area contributed by atoms with Crippen LogP contribution in [0.3, 0.4) is 0 Å². The summed E-state index contributed by atoms with van der Waals surface area (Å²) in [7, 11) is 1.62. The number of hydrogen-bond donors (Lipinski definition) is 2. The summed E-state index contributed by atoms with van der Waals surface area (Å²) in [6, 6.07) is -0.0285. The van der Waals surface area contributed by atoms with E-state index >= 15 is 0 Å². The second kappa shape index (κ2) is 7.49. The van der Waals surface area contributed by atoms with Crippen molar-refractivity contribution < 1.29 is 14.1 Å². The Bertz CT molecular complexity index is 493. The van der Waals surface area contributed by atoms with Crippen LogP contribution in [0.1, 0.15) is 49.8 Å². The number of carbonyl (C=O) groups is 1. The number of anilines is 1. The van der Waals surface area contributed by atoms with E-state index < -0.39 is 0 Å². The van der Waals surface area contributed by atoms with Gasteiger partial charge in [-0.3, -0.25) is 0 Å². The molecule has 7 nitrogen and oxygen atoms in total. The van der Waals surface area contributed by atoms with Crippen molar-refractivity contribution in [2.75, 3.05) is 39.1 Å². The van der Waals surface area contributed by atoms with Crippen molar-refractivity contribution in [3.63, 3.8) is 0 Å². The molecule has 1 saturated heterocycles. The average Bonchev–Trinajstić information content (AvgIpc) is 2.89. The Hall–Kier alpha value is -1.76. The Balaban J connectivity index is 1.91. The van der Waals surface area contributed by atoms with Crippen LogP contribution in [0, 0.1) is 0 Å². The number of ether oxygens (including phenoxy) is 1. The van der Waals surface area contributed by atoms with Crippen LogP contribution >= 0.6 is 0 Å². The summed E-state index contributed by atoms with van der Waals surface area (Å²) < 4.78 is 10.1. The van der Waals surface area contributed by atoms with Gasteiger partial charge in [0.2, 0.25) is 5.88 Å². The van der Waals surface area contributed by atoms with Gasteiger partial charge in [0.25, 0.3) is 0 Å². The van der Waals surface area contributed by atoms with Gasteiger partial charge in [-0.2, -0.15) is 0 Å².